The fourth-order valence-electron chi connectivity index (χ4n) is 2.91. The Morgan fingerprint density at radius 1 is 1.19 bits per heavy atom. The van der Waals surface area contributed by atoms with Crippen LogP contribution in [0.3, 0.4) is 0 Å². The lowest BCUT2D eigenvalue weighted by Gasteiger charge is -2.39. The fourth-order valence-corrected chi connectivity index (χ4v) is 2.91. The Labute approximate surface area is 129 Å². The topological polar surface area (TPSA) is 45.4 Å². The molecule has 4 heteroatoms. The van der Waals surface area contributed by atoms with E-state index in [9.17, 15) is 0 Å². The minimum Gasteiger partial charge on any atom is -0.354 e. The lowest BCUT2D eigenvalue weighted by atomic mass is 9.88. The highest BCUT2D eigenvalue weighted by Gasteiger charge is 2.23. The normalized spacial score (nSPS) is 18.8. The predicted octanol–water partition coefficient (Wildman–Crippen LogP) is 2.24. The van der Waals surface area contributed by atoms with Gasteiger partial charge < -0.3 is 10.6 Å². The van der Waals surface area contributed by atoms with Gasteiger partial charge in [0.1, 0.15) is 5.82 Å². The highest BCUT2D eigenvalue weighted by Crippen LogP contribution is 2.23. The van der Waals surface area contributed by atoms with Crippen LogP contribution in [-0.4, -0.2) is 48.6 Å². The molecule has 0 spiro atoms. The average Bonchev–Trinajstić information content (AvgIpc) is 2.48. The van der Waals surface area contributed by atoms with Crippen LogP contribution < -0.4 is 10.6 Å². The maximum atomic E-state index is 5.85. The minimum absolute atomic E-state index is 0.166. The molecule has 1 saturated heterocycles. The molecule has 118 valence electrons. The maximum absolute atomic E-state index is 5.85. The van der Waals surface area contributed by atoms with Crippen LogP contribution in [-0.2, 0) is 5.41 Å². The molecule has 1 atom stereocenters. The van der Waals surface area contributed by atoms with Crippen molar-refractivity contribution >= 4 is 5.82 Å². The van der Waals surface area contributed by atoms with E-state index in [1.807, 2.05) is 6.20 Å². The third-order valence-electron chi connectivity index (χ3n) is 4.51. The van der Waals surface area contributed by atoms with Crippen molar-refractivity contribution < 1.29 is 0 Å². The zero-order valence-electron chi connectivity index (χ0n) is 14.0. The number of nitrogens with zero attached hydrogens (tertiary/aromatic N) is 3. The highest BCUT2D eigenvalue weighted by molar-refractivity contribution is 5.41. The predicted molar refractivity (Wildman–Crippen MR) is 89.9 cm³/mol. The van der Waals surface area contributed by atoms with Crippen LogP contribution in [0.4, 0.5) is 5.82 Å². The third-order valence-corrected chi connectivity index (χ3v) is 4.51. The fraction of sp³-hybridized carbons (Fsp3) is 0.706. The molecule has 0 aliphatic carbocycles. The van der Waals surface area contributed by atoms with Crippen molar-refractivity contribution in [3.63, 3.8) is 0 Å². The summed E-state index contributed by atoms with van der Waals surface area (Å²) in [6.07, 6.45) is 3.16. The molecule has 1 aliphatic heterocycles. The molecule has 0 bridgehead atoms. The molecule has 2 rings (SSSR count). The van der Waals surface area contributed by atoms with E-state index in [1.54, 1.807) is 0 Å². The van der Waals surface area contributed by atoms with Gasteiger partial charge in [0.15, 0.2) is 0 Å². The average molecular weight is 290 g/mol. The number of piperazine rings is 1. The number of aromatic nitrogens is 1. The van der Waals surface area contributed by atoms with Crippen molar-refractivity contribution in [1.82, 2.24) is 9.88 Å². The molecule has 21 heavy (non-hydrogen) atoms. The Bertz CT molecular complexity index is 423. The first-order valence-electron chi connectivity index (χ1n) is 8.11. The highest BCUT2D eigenvalue weighted by atomic mass is 15.3. The summed E-state index contributed by atoms with van der Waals surface area (Å²) < 4.78 is 0. The molecule has 0 saturated carbocycles. The van der Waals surface area contributed by atoms with E-state index in [1.165, 1.54) is 5.56 Å². The second-order valence-corrected chi connectivity index (χ2v) is 6.98. The van der Waals surface area contributed by atoms with Gasteiger partial charge in [0.25, 0.3) is 0 Å². The molecule has 1 aromatic rings. The molecule has 0 amide bonds. The van der Waals surface area contributed by atoms with Crippen LogP contribution in [0.1, 0.15) is 39.7 Å². The van der Waals surface area contributed by atoms with Gasteiger partial charge in [-0.3, -0.25) is 4.90 Å². The Hall–Kier alpha value is -1.13. The second-order valence-electron chi connectivity index (χ2n) is 6.98. The monoisotopic (exact) mass is 290 g/mol. The summed E-state index contributed by atoms with van der Waals surface area (Å²) >= 11 is 0. The minimum atomic E-state index is 0.166. The second kappa shape index (κ2) is 6.75. The van der Waals surface area contributed by atoms with Gasteiger partial charge >= 0.3 is 0 Å². The number of hydrogen-bond donors (Lipinski definition) is 1. The molecule has 0 radical (unpaired) electrons. The lowest BCUT2D eigenvalue weighted by molar-refractivity contribution is 0.184. The smallest absolute Gasteiger partial charge is 0.128 e. The third kappa shape index (κ3) is 3.95. The Kier molecular flexibility index (Phi) is 5.22. The molecular weight excluding hydrogens is 260 g/mol. The van der Waals surface area contributed by atoms with Crippen molar-refractivity contribution in [2.45, 2.75) is 45.6 Å². The zero-order chi connectivity index (χ0) is 15.5. The lowest BCUT2D eigenvalue weighted by Crippen LogP contribution is -2.52. The first-order valence-corrected chi connectivity index (χ1v) is 8.11. The van der Waals surface area contributed by atoms with Gasteiger partial charge in [-0.1, -0.05) is 33.8 Å². The SMILES string of the molecule is CCC(CN)N1CCN(c2ccc(C(C)(C)C)cn2)CC1. The van der Waals surface area contributed by atoms with Gasteiger partial charge in [0, 0.05) is 45.0 Å². The van der Waals surface area contributed by atoms with Crippen LogP contribution in [0, 0.1) is 0 Å². The van der Waals surface area contributed by atoms with Crippen LogP contribution >= 0.6 is 0 Å². The number of anilines is 1. The summed E-state index contributed by atoms with van der Waals surface area (Å²) in [6.45, 7) is 13.9. The molecular formula is C17H30N4. The molecule has 2 heterocycles. The molecule has 1 fully saturated rings. The van der Waals surface area contributed by atoms with Crippen LogP contribution in [0.2, 0.25) is 0 Å². The molecule has 4 nitrogen and oxygen atoms in total. The van der Waals surface area contributed by atoms with E-state index in [0.717, 1.165) is 45.0 Å². The maximum Gasteiger partial charge on any atom is 0.128 e. The number of rotatable bonds is 4. The standard InChI is InChI=1S/C17H30N4/c1-5-15(12-18)20-8-10-21(11-9-20)16-7-6-14(13-19-16)17(2,3)4/h6-7,13,15H,5,8-12,18H2,1-4H3. The Morgan fingerprint density at radius 2 is 1.86 bits per heavy atom. The van der Waals surface area contributed by atoms with Gasteiger partial charge in [0.05, 0.1) is 0 Å². The summed E-state index contributed by atoms with van der Waals surface area (Å²) in [6, 6.07) is 4.91. The van der Waals surface area contributed by atoms with Gasteiger partial charge in [-0.2, -0.15) is 0 Å². The number of nitrogens with two attached hydrogens (primary N) is 1. The van der Waals surface area contributed by atoms with E-state index in [0.29, 0.717) is 6.04 Å². The van der Waals surface area contributed by atoms with E-state index < -0.39 is 0 Å². The van der Waals surface area contributed by atoms with Crippen molar-refractivity contribution in [1.29, 1.82) is 0 Å². The van der Waals surface area contributed by atoms with E-state index in [-0.39, 0.29) is 5.41 Å². The van der Waals surface area contributed by atoms with Gasteiger partial charge in [-0.25, -0.2) is 4.98 Å². The Morgan fingerprint density at radius 3 is 2.29 bits per heavy atom. The first-order chi connectivity index (χ1) is 9.95. The summed E-state index contributed by atoms with van der Waals surface area (Å²) in [5.41, 5.74) is 7.31. The van der Waals surface area contributed by atoms with Crippen LogP contribution in [0.25, 0.3) is 0 Å². The van der Waals surface area contributed by atoms with Gasteiger partial charge in [-0.05, 0) is 23.5 Å². The zero-order valence-corrected chi connectivity index (χ0v) is 14.0. The number of pyridine rings is 1. The van der Waals surface area contributed by atoms with E-state index >= 15 is 0 Å². The summed E-state index contributed by atoms with van der Waals surface area (Å²) in [4.78, 5) is 9.56. The van der Waals surface area contributed by atoms with Crippen molar-refractivity contribution in [3.8, 4) is 0 Å². The summed E-state index contributed by atoms with van der Waals surface area (Å²) in [7, 11) is 0. The summed E-state index contributed by atoms with van der Waals surface area (Å²) in [5, 5.41) is 0. The molecule has 2 N–H and O–H groups in total. The molecule has 1 aromatic heterocycles. The van der Waals surface area contributed by atoms with Crippen LogP contribution in [0.5, 0.6) is 0 Å². The largest absolute Gasteiger partial charge is 0.354 e. The van der Waals surface area contributed by atoms with E-state index in [2.05, 4.69) is 54.6 Å². The van der Waals surface area contributed by atoms with E-state index in [4.69, 9.17) is 5.73 Å². The summed E-state index contributed by atoms with van der Waals surface area (Å²) in [5.74, 6) is 1.10. The van der Waals surface area contributed by atoms with Crippen molar-refractivity contribution in [3.05, 3.63) is 23.9 Å². The number of hydrogen-bond acceptors (Lipinski definition) is 4. The van der Waals surface area contributed by atoms with Crippen molar-refractivity contribution in [2.24, 2.45) is 5.73 Å². The van der Waals surface area contributed by atoms with Gasteiger partial charge in [-0.15, -0.1) is 0 Å². The van der Waals surface area contributed by atoms with Gasteiger partial charge in [0.2, 0.25) is 0 Å². The molecule has 1 aliphatic rings. The van der Waals surface area contributed by atoms with Crippen LogP contribution in [0.15, 0.2) is 18.3 Å². The Balaban J connectivity index is 1.96. The first kappa shape index (κ1) is 16.2. The molecule has 1 unspecified atom stereocenters. The quantitative estimate of drug-likeness (QED) is 0.924. The molecule has 0 aromatic carbocycles. The van der Waals surface area contributed by atoms with Crippen molar-refractivity contribution in [2.75, 3.05) is 37.6 Å².